The highest BCUT2D eigenvalue weighted by atomic mass is 16.5. The summed E-state index contributed by atoms with van der Waals surface area (Å²) in [4.78, 5) is 24.1. The lowest BCUT2D eigenvalue weighted by atomic mass is 9.60. The molecule has 6 nitrogen and oxygen atoms in total. The molecule has 0 unspecified atom stereocenters. The van der Waals surface area contributed by atoms with Gasteiger partial charge >= 0.3 is 0 Å². The van der Waals surface area contributed by atoms with Gasteiger partial charge in [-0.15, -0.1) is 0 Å². The second-order valence-electron chi connectivity index (χ2n) is 11.6. The van der Waals surface area contributed by atoms with E-state index in [0.717, 1.165) is 17.6 Å². The summed E-state index contributed by atoms with van der Waals surface area (Å²) in [5.74, 6) is -0.734. The summed E-state index contributed by atoms with van der Waals surface area (Å²) in [6, 6.07) is 9.72. The van der Waals surface area contributed by atoms with Gasteiger partial charge in [-0.25, -0.2) is 0 Å². The third-order valence-corrected chi connectivity index (χ3v) is 9.36. The van der Waals surface area contributed by atoms with E-state index in [1.165, 1.54) is 0 Å². The molecule has 3 N–H and O–H groups in total. The molecule has 0 radical (unpaired) electrons. The summed E-state index contributed by atoms with van der Waals surface area (Å²) in [7, 11) is 0. The first-order chi connectivity index (χ1) is 17.1. The van der Waals surface area contributed by atoms with Crippen LogP contribution in [-0.2, 0) is 0 Å². The fourth-order valence-corrected chi connectivity index (χ4v) is 7.06. The van der Waals surface area contributed by atoms with E-state index >= 15 is 0 Å². The molecule has 3 aliphatic rings. The van der Waals surface area contributed by atoms with Gasteiger partial charge in [0.25, 0.3) is 0 Å². The zero-order valence-electron chi connectivity index (χ0n) is 21.2. The Hall–Kier alpha value is -3.12. The van der Waals surface area contributed by atoms with Crippen LogP contribution in [0.2, 0.25) is 0 Å². The zero-order chi connectivity index (χ0) is 26.0. The average molecular weight is 491 g/mol. The quantitative estimate of drug-likeness (QED) is 0.394. The summed E-state index contributed by atoms with van der Waals surface area (Å²) in [5, 5.41) is 33.0. The van der Waals surface area contributed by atoms with E-state index in [-0.39, 0.29) is 40.1 Å². The van der Waals surface area contributed by atoms with Crippen LogP contribution in [0.15, 0.2) is 42.0 Å². The Morgan fingerprint density at radius 2 is 1.67 bits per heavy atom. The minimum atomic E-state index is -0.594. The second-order valence-corrected chi connectivity index (χ2v) is 11.6. The van der Waals surface area contributed by atoms with Crippen molar-refractivity contribution in [2.24, 2.45) is 22.7 Å². The highest BCUT2D eigenvalue weighted by Gasteiger charge is 2.67. The van der Waals surface area contributed by atoms with E-state index in [0.29, 0.717) is 36.9 Å². The lowest BCUT2D eigenvalue weighted by Crippen LogP contribution is -2.49. The molecular formula is C30H34O6. The molecule has 1 aliphatic heterocycles. The van der Waals surface area contributed by atoms with E-state index < -0.39 is 23.2 Å². The van der Waals surface area contributed by atoms with E-state index in [2.05, 4.69) is 26.8 Å². The zero-order valence-corrected chi connectivity index (χ0v) is 21.2. The van der Waals surface area contributed by atoms with Gasteiger partial charge in [-0.2, -0.15) is 0 Å². The Morgan fingerprint density at radius 3 is 2.31 bits per heavy atom. The fraction of sp³-hybridized carbons (Fsp3) is 0.467. The SMILES string of the molecule is C/C1=C/C[C@@H]2[C@H]([C@@H]3Oc4c(C=O)c(O)c(C=O)c(O)c4[C@H](c4ccccc4)[C@@]3(C)CC[C@@H]1O)C2(C)C. The van der Waals surface area contributed by atoms with Gasteiger partial charge in [0.15, 0.2) is 12.6 Å². The van der Waals surface area contributed by atoms with Crippen LogP contribution < -0.4 is 4.74 Å². The molecule has 1 fully saturated rings. The van der Waals surface area contributed by atoms with Gasteiger partial charge < -0.3 is 20.1 Å². The number of benzene rings is 2. The topological polar surface area (TPSA) is 104 Å². The van der Waals surface area contributed by atoms with Crippen molar-refractivity contribution in [1.29, 1.82) is 0 Å². The van der Waals surface area contributed by atoms with Crippen LogP contribution in [0.25, 0.3) is 0 Å². The minimum absolute atomic E-state index is 0.0368. The lowest BCUT2D eigenvalue weighted by Gasteiger charge is -2.50. The first kappa shape index (κ1) is 24.6. The number of hydrogen-bond donors (Lipinski definition) is 3. The molecule has 0 aromatic heterocycles. The third-order valence-electron chi connectivity index (χ3n) is 9.36. The van der Waals surface area contributed by atoms with Gasteiger partial charge in [-0.1, -0.05) is 57.2 Å². The van der Waals surface area contributed by atoms with Crippen LogP contribution in [0, 0.1) is 22.7 Å². The Kier molecular flexibility index (Phi) is 5.79. The normalized spacial score (nSPS) is 34.0. The Labute approximate surface area is 211 Å². The summed E-state index contributed by atoms with van der Waals surface area (Å²) in [6.07, 6.45) is 3.99. The molecule has 6 atom stereocenters. The van der Waals surface area contributed by atoms with Crippen molar-refractivity contribution in [3.8, 4) is 17.2 Å². The molecule has 190 valence electrons. The number of allylic oxidation sites excluding steroid dienone is 1. The molecule has 2 aliphatic carbocycles. The number of aliphatic hydroxyl groups excluding tert-OH is 1. The van der Waals surface area contributed by atoms with Crippen molar-refractivity contribution in [2.75, 3.05) is 0 Å². The van der Waals surface area contributed by atoms with Crippen molar-refractivity contribution in [1.82, 2.24) is 0 Å². The standard InChI is InChI=1S/C30H34O6/c1-16-10-11-20-24(29(20,2)3)28-30(4,13-12-21(16)33)23(17-8-6-5-7-9-17)22-26(35)18(14-31)25(34)19(15-32)27(22)36-28/h5-10,14-15,20-21,23-24,28,33-35H,11-13H2,1-4H3/b16-10-/t20-,21+,23+,24-,28+,30-/m1/s1. The summed E-state index contributed by atoms with van der Waals surface area (Å²) < 4.78 is 6.69. The Bertz CT molecular complexity index is 1250. The number of fused-ring (bicyclic) bond motifs is 4. The first-order valence-corrected chi connectivity index (χ1v) is 12.7. The van der Waals surface area contributed by atoms with Crippen molar-refractivity contribution >= 4 is 12.6 Å². The number of phenolic OH excluding ortho intramolecular Hbond substituents is 2. The maximum absolute atomic E-state index is 12.2. The summed E-state index contributed by atoms with van der Waals surface area (Å²) in [6.45, 7) is 8.55. The van der Waals surface area contributed by atoms with E-state index in [9.17, 15) is 24.9 Å². The first-order valence-electron chi connectivity index (χ1n) is 12.7. The van der Waals surface area contributed by atoms with Crippen LogP contribution in [-0.4, -0.2) is 40.1 Å². The van der Waals surface area contributed by atoms with Crippen molar-refractivity contribution in [3.05, 3.63) is 64.2 Å². The smallest absolute Gasteiger partial charge is 0.157 e. The van der Waals surface area contributed by atoms with E-state index in [4.69, 9.17) is 4.74 Å². The molecule has 0 bridgehead atoms. The maximum Gasteiger partial charge on any atom is 0.157 e. The number of aldehydes is 2. The number of ether oxygens (including phenoxy) is 1. The molecule has 5 rings (SSSR count). The van der Waals surface area contributed by atoms with Gasteiger partial charge in [0.1, 0.15) is 23.4 Å². The lowest BCUT2D eigenvalue weighted by molar-refractivity contribution is -0.0154. The Balaban J connectivity index is 1.82. The summed E-state index contributed by atoms with van der Waals surface area (Å²) in [5.41, 5.74) is 1.17. The molecule has 1 saturated carbocycles. The fourth-order valence-electron chi connectivity index (χ4n) is 7.06. The molecule has 1 heterocycles. The number of phenols is 2. The Morgan fingerprint density at radius 1 is 1.00 bits per heavy atom. The average Bonchev–Trinajstić information content (AvgIpc) is 3.40. The van der Waals surface area contributed by atoms with Gasteiger partial charge in [0, 0.05) is 22.8 Å². The molecule has 2 aromatic rings. The van der Waals surface area contributed by atoms with Crippen LogP contribution in [0.3, 0.4) is 0 Å². The number of rotatable bonds is 3. The summed E-state index contributed by atoms with van der Waals surface area (Å²) >= 11 is 0. The van der Waals surface area contributed by atoms with Crippen molar-refractivity contribution in [3.63, 3.8) is 0 Å². The van der Waals surface area contributed by atoms with Crippen molar-refractivity contribution in [2.45, 2.75) is 65.1 Å². The number of carbonyl (C=O) groups excluding carboxylic acids is 2. The van der Waals surface area contributed by atoms with E-state index in [1.807, 2.05) is 37.3 Å². The third kappa shape index (κ3) is 3.41. The number of aliphatic hydroxyl groups is 1. The van der Waals surface area contributed by atoms with Gasteiger partial charge in [0.05, 0.1) is 17.2 Å². The van der Waals surface area contributed by atoms with Crippen LogP contribution in [0.4, 0.5) is 0 Å². The highest BCUT2D eigenvalue weighted by Crippen LogP contribution is 2.70. The maximum atomic E-state index is 12.2. The van der Waals surface area contributed by atoms with Crippen molar-refractivity contribution < 1.29 is 29.6 Å². The molecular weight excluding hydrogens is 456 g/mol. The molecule has 0 amide bonds. The molecule has 0 saturated heterocycles. The number of hydrogen-bond acceptors (Lipinski definition) is 6. The molecule has 36 heavy (non-hydrogen) atoms. The van der Waals surface area contributed by atoms with Crippen LogP contribution >= 0.6 is 0 Å². The molecule has 6 heteroatoms. The highest BCUT2D eigenvalue weighted by molar-refractivity contribution is 5.95. The predicted molar refractivity (Wildman–Crippen MR) is 136 cm³/mol. The van der Waals surface area contributed by atoms with Gasteiger partial charge in [-0.3, -0.25) is 9.59 Å². The largest absolute Gasteiger partial charge is 0.507 e. The predicted octanol–water partition coefficient (Wildman–Crippen LogP) is 5.39. The number of aromatic hydroxyl groups is 2. The second kappa shape index (κ2) is 8.48. The van der Waals surface area contributed by atoms with Crippen LogP contribution in [0.1, 0.15) is 84.7 Å². The van der Waals surface area contributed by atoms with Gasteiger partial charge in [0.2, 0.25) is 0 Å². The monoisotopic (exact) mass is 490 g/mol. The van der Waals surface area contributed by atoms with E-state index in [1.54, 1.807) is 0 Å². The number of carbonyl (C=O) groups is 2. The minimum Gasteiger partial charge on any atom is -0.507 e. The van der Waals surface area contributed by atoms with Crippen LogP contribution in [0.5, 0.6) is 17.2 Å². The molecule has 2 aromatic carbocycles. The molecule has 0 spiro atoms. The van der Waals surface area contributed by atoms with Gasteiger partial charge in [-0.05, 0) is 48.7 Å².